The zero-order valence-electron chi connectivity index (χ0n) is 10.4. The van der Waals surface area contributed by atoms with Gasteiger partial charge in [-0.3, -0.25) is 0 Å². The van der Waals surface area contributed by atoms with Gasteiger partial charge in [-0.05, 0) is 13.8 Å². The molecule has 0 atom stereocenters. The Morgan fingerprint density at radius 3 is 1.56 bits per heavy atom. The predicted octanol–water partition coefficient (Wildman–Crippen LogP) is 3.05. The molecule has 0 aromatic heterocycles. The molecular weight excluding hydrogens is 232 g/mol. The third kappa shape index (κ3) is 1.90. The van der Waals surface area contributed by atoms with Crippen LogP contribution in [0.5, 0.6) is 23.0 Å². The summed E-state index contributed by atoms with van der Waals surface area (Å²) in [6.45, 7) is 4.37. The fourth-order valence-electron chi connectivity index (χ4n) is 1.91. The Balaban J connectivity index is 2.77. The van der Waals surface area contributed by atoms with E-state index in [2.05, 4.69) is 0 Å². The second kappa shape index (κ2) is 5.04. The molecule has 2 rings (SSSR count). The second-order valence-electron chi connectivity index (χ2n) is 3.77. The lowest BCUT2D eigenvalue weighted by molar-refractivity contribution is 0.266. The highest BCUT2D eigenvalue weighted by atomic mass is 16.5. The van der Waals surface area contributed by atoms with E-state index in [0.29, 0.717) is 24.0 Å². The number of phenols is 2. The lowest BCUT2D eigenvalue weighted by Gasteiger charge is -2.16. The number of ether oxygens (including phenoxy) is 2. The summed E-state index contributed by atoms with van der Waals surface area (Å²) < 4.78 is 10.7. The number of aromatic hydroxyl groups is 2. The summed E-state index contributed by atoms with van der Waals surface area (Å²) in [5.41, 5.74) is 0. The van der Waals surface area contributed by atoms with E-state index < -0.39 is 0 Å². The van der Waals surface area contributed by atoms with Crippen molar-refractivity contribution in [1.82, 2.24) is 0 Å². The molecule has 0 saturated heterocycles. The quantitative estimate of drug-likeness (QED) is 0.816. The molecule has 0 radical (unpaired) electrons. The summed E-state index contributed by atoms with van der Waals surface area (Å²) >= 11 is 0. The smallest absolute Gasteiger partial charge is 0.207 e. The van der Waals surface area contributed by atoms with Crippen LogP contribution >= 0.6 is 0 Å². The Kier molecular flexibility index (Phi) is 3.46. The van der Waals surface area contributed by atoms with E-state index >= 15 is 0 Å². The summed E-state index contributed by atoms with van der Waals surface area (Å²) in [5, 5.41) is 21.5. The van der Waals surface area contributed by atoms with Gasteiger partial charge in [0.05, 0.1) is 13.2 Å². The number of fused-ring (bicyclic) bond motifs is 1. The molecule has 4 nitrogen and oxygen atoms in total. The molecule has 0 saturated carbocycles. The first kappa shape index (κ1) is 12.4. The molecule has 4 heteroatoms. The van der Waals surface area contributed by atoms with Gasteiger partial charge in [-0.2, -0.15) is 0 Å². The number of hydrogen-bond acceptors (Lipinski definition) is 4. The van der Waals surface area contributed by atoms with Crippen molar-refractivity contribution in [2.75, 3.05) is 13.2 Å². The number of phenolic OH excluding ortho intramolecular Hbond substituents is 2. The third-order valence-electron chi connectivity index (χ3n) is 2.65. The minimum absolute atomic E-state index is 0.00583. The molecule has 0 amide bonds. The summed E-state index contributed by atoms with van der Waals surface area (Å²) in [4.78, 5) is 0. The maximum Gasteiger partial charge on any atom is 0.207 e. The van der Waals surface area contributed by atoms with Crippen molar-refractivity contribution in [3.63, 3.8) is 0 Å². The van der Waals surface area contributed by atoms with Crippen LogP contribution in [0.25, 0.3) is 10.8 Å². The number of hydrogen-bond donors (Lipinski definition) is 2. The molecule has 2 aromatic rings. The fourth-order valence-corrected chi connectivity index (χ4v) is 1.91. The molecule has 0 bridgehead atoms. The molecule has 0 aliphatic carbocycles. The van der Waals surface area contributed by atoms with Crippen molar-refractivity contribution < 1.29 is 19.7 Å². The zero-order valence-corrected chi connectivity index (χ0v) is 10.4. The van der Waals surface area contributed by atoms with Crippen LogP contribution in [0.3, 0.4) is 0 Å². The molecular formula is C14H16O4. The second-order valence-corrected chi connectivity index (χ2v) is 3.77. The highest BCUT2D eigenvalue weighted by molar-refractivity contribution is 5.98. The minimum atomic E-state index is -0.00583. The highest BCUT2D eigenvalue weighted by Gasteiger charge is 2.20. The first-order chi connectivity index (χ1) is 8.70. The SMILES string of the molecule is CCOc1c(OCC)c(O)c2ccccc2c1O. The average Bonchev–Trinajstić information content (AvgIpc) is 2.40. The molecule has 0 spiro atoms. The first-order valence-corrected chi connectivity index (χ1v) is 5.92. The van der Waals surface area contributed by atoms with Crippen molar-refractivity contribution >= 4 is 10.8 Å². The maximum atomic E-state index is 10.2. The van der Waals surface area contributed by atoms with Crippen LogP contribution in [-0.4, -0.2) is 23.4 Å². The van der Waals surface area contributed by atoms with Gasteiger partial charge in [0.1, 0.15) is 0 Å². The molecule has 2 N–H and O–H groups in total. The van der Waals surface area contributed by atoms with E-state index in [1.165, 1.54) is 0 Å². The molecule has 0 aliphatic heterocycles. The topological polar surface area (TPSA) is 58.9 Å². The van der Waals surface area contributed by atoms with Crippen LogP contribution in [-0.2, 0) is 0 Å². The van der Waals surface area contributed by atoms with Gasteiger partial charge < -0.3 is 19.7 Å². The van der Waals surface area contributed by atoms with Crippen molar-refractivity contribution in [1.29, 1.82) is 0 Å². The Bertz CT molecular complexity index is 513. The monoisotopic (exact) mass is 248 g/mol. The van der Waals surface area contributed by atoms with Crippen LogP contribution in [0.2, 0.25) is 0 Å². The lowest BCUT2D eigenvalue weighted by Crippen LogP contribution is -1.99. The highest BCUT2D eigenvalue weighted by Crippen LogP contribution is 2.49. The third-order valence-corrected chi connectivity index (χ3v) is 2.65. The predicted molar refractivity (Wildman–Crippen MR) is 69.6 cm³/mol. The number of benzene rings is 2. The van der Waals surface area contributed by atoms with Crippen molar-refractivity contribution in [2.45, 2.75) is 13.8 Å². The summed E-state index contributed by atoms with van der Waals surface area (Å²) in [5.74, 6) is 0.369. The van der Waals surface area contributed by atoms with E-state index in [1.54, 1.807) is 38.1 Å². The van der Waals surface area contributed by atoms with Crippen LogP contribution in [0.4, 0.5) is 0 Å². The van der Waals surface area contributed by atoms with Gasteiger partial charge in [-0.1, -0.05) is 24.3 Å². The van der Waals surface area contributed by atoms with Crippen LogP contribution in [0.15, 0.2) is 24.3 Å². The molecule has 2 aromatic carbocycles. The Labute approximate surface area is 105 Å². The Morgan fingerprint density at radius 2 is 1.22 bits per heavy atom. The van der Waals surface area contributed by atoms with Gasteiger partial charge in [-0.15, -0.1) is 0 Å². The molecule has 0 fully saturated rings. The van der Waals surface area contributed by atoms with Gasteiger partial charge >= 0.3 is 0 Å². The fraction of sp³-hybridized carbons (Fsp3) is 0.286. The molecule has 0 unspecified atom stereocenters. The molecule has 0 heterocycles. The van der Waals surface area contributed by atoms with Crippen molar-refractivity contribution in [3.05, 3.63) is 24.3 Å². The van der Waals surface area contributed by atoms with E-state index in [1.807, 2.05) is 0 Å². The van der Waals surface area contributed by atoms with Gasteiger partial charge in [0.15, 0.2) is 11.5 Å². The normalized spacial score (nSPS) is 10.6. The Morgan fingerprint density at radius 1 is 0.833 bits per heavy atom. The van der Waals surface area contributed by atoms with E-state index in [4.69, 9.17) is 9.47 Å². The van der Waals surface area contributed by atoms with Crippen molar-refractivity contribution in [3.8, 4) is 23.0 Å². The van der Waals surface area contributed by atoms with E-state index in [9.17, 15) is 10.2 Å². The van der Waals surface area contributed by atoms with E-state index in [0.717, 1.165) is 0 Å². The van der Waals surface area contributed by atoms with Gasteiger partial charge in [0.2, 0.25) is 11.5 Å². The molecule has 0 aliphatic rings. The Hall–Kier alpha value is -2.10. The van der Waals surface area contributed by atoms with Gasteiger partial charge in [0.25, 0.3) is 0 Å². The first-order valence-electron chi connectivity index (χ1n) is 5.92. The van der Waals surface area contributed by atoms with Crippen LogP contribution in [0.1, 0.15) is 13.8 Å². The summed E-state index contributed by atoms with van der Waals surface area (Å²) in [6, 6.07) is 7.03. The van der Waals surface area contributed by atoms with E-state index in [-0.39, 0.29) is 23.0 Å². The molecule has 18 heavy (non-hydrogen) atoms. The van der Waals surface area contributed by atoms with Crippen LogP contribution in [0, 0.1) is 0 Å². The average molecular weight is 248 g/mol. The van der Waals surface area contributed by atoms with Crippen molar-refractivity contribution in [2.24, 2.45) is 0 Å². The van der Waals surface area contributed by atoms with Crippen LogP contribution < -0.4 is 9.47 Å². The summed E-state index contributed by atoms with van der Waals surface area (Å²) in [6.07, 6.45) is 0. The summed E-state index contributed by atoms with van der Waals surface area (Å²) in [7, 11) is 0. The number of rotatable bonds is 4. The minimum Gasteiger partial charge on any atom is -0.504 e. The van der Waals surface area contributed by atoms with Gasteiger partial charge in [0, 0.05) is 10.8 Å². The standard InChI is InChI=1S/C14H16O4/c1-3-17-13-11(15)9-7-5-6-8-10(9)12(16)14(13)18-4-2/h5-8,15-16H,3-4H2,1-2H3. The molecule has 96 valence electrons. The maximum absolute atomic E-state index is 10.2. The van der Waals surface area contributed by atoms with Gasteiger partial charge in [-0.25, -0.2) is 0 Å². The largest absolute Gasteiger partial charge is 0.504 e. The lowest BCUT2D eigenvalue weighted by atomic mass is 10.1. The zero-order chi connectivity index (χ0) is 13.1.